The fourth-order valence-electron chi connectivity index (χ4n) is 4.31. The molecule has 0 aliphatic carbocycles. The van der Waals surface area contributed by atoms with E-state index in [1.807, 2.05) is 52.3 Å². The summed E-state index contributed by atoms with van der Waals surface area (Å²) < 4.78 is 0. The molecule has 0 spiro atoms. The van der Waals surface area contributed by atoms with Gasteiger partial charge in [-0.2, -0.15) is 0 Å². The van der Waals surface area contributed by atoms with Gasteiger partial charge in [-0.3, -0.25) is 9.59 Å². The summed E-state index contributed by atoms with van der Waals surface area (Å²) in [6.45, 7) is 5.93. The molecule has 2 aromatic carbocycles. The van der Waals surface area contributed by atoms with Gasteiger partial charge in [0.25, 0.3) is 5.91 Å². The van der Waals surface area contributed by atoms with E-state index in [2.05, 4.69) is 12.2 Å². The van der Waals surface area contributed by atoms with Gasteiger partial charge in [-0.25, -0.2) is 0 Å². The highest BCUT2D eigenvalue weighted by atomic mass is 35.5. The minimum atomic E-state index is 0. The van der Waals surface area contributed by atoms with Crippen LogP contribution in [0.25, 0.3) is 10.8 Å². The maximum absolute atomic E-state index is 13.1. The number of piperazine rings is 1. The third kappa shape index (κ3) is 4.01. The first-order valence-corrected chi connectivity index (χ1v) is 9.93. The van der Waals surface area contributed by atoms with E-state index in [-0.39, 0.29) is 36.2 Å². The van der Waals surface area contributed by atoms with Crippen molar-refractivity contribution in [2.75, 3.05) is 32.7 Å². The quantitative estimate of drug-likeness (QED) is 0.841. The van der Waals surface area contributed by atoms with Crippen molar-refractivity contribution in [2.45, 2.75) is 25.8 Å². The standard InChI is InChI=1S/C22H27N3O2.ClH/c1-16-15-23-11-14-25(16)21(26)18-9-12-24(13-10-18)22(27)20-8-4-6-17-5-2-3-7-19(17)20;/h2-8,16,18,23H,9-15H2,1H3;1H/t16-;/m1./s1. The van der Waals surface area contributed by atoms with Gasteiger partial charge in [-0.1, -0.05) is 36.4 Å². The van der Waals surface area contributed by atoms with E-state index in [1.165, 1.54) is 0 Å². The number of rotatable bonds is 2. The third-order valence-electron chi connectivity index (χ3n) is 5.94. The van der Waals surface area contributed by atoms with Gasteiger partial charge in [0.2, 0.25) is 5.91 Å². The molecule has 5 nitrogen and oxygen atoms in total. The van der Waals surface area contributed by atoms with Crippen molar-refractivity contribution in [3.8, 4) is 0 Å². The second-order valence-corrected chi connectivity index (χ2v) is 7.68. The molecule has 0 unspecified atom stereocenters. The minimum Gasteiger partial charge on any atom is -0.339 e. The van der Waals surface area contributed by atoms with E-state index in [1.54, 1.807) is 0 Å². The summed E-state index contributed by atoms with van der Waals surface area (Å²) in [5.74, 6) is 0.386. The number of likely N-dealkylation sites (tertiary alicyclic amines) is 1. The average Bonchev–Trinajstić information content (AvgIpc) is 2.73. The fourth-order valence-corrected chi connectivity index (χ4v) is 4.31. The molecule has 1 N–H and O–H groups in total. The van der Waals surface area contributed by atoms with Crippen LogP contribution < -0.4 is 5.32 Å². The van der Waals surface area contributed by atoms with E-state index in [0.29, 0.717) is 13.1 Å². The monoisotopic (exact) mass is 401 g/mol. The Labute approximate surface area is 172 Å². The van der Waals surface area contributed by atoms with E-state index < -0.39 is 0 Å². The Morgan fingerprint density at radius 2 is 1.71 bits per heavy atom. The molecule has 0 bridgehead atoms. The summed E-state index contributed by atoms with van der Waals surface area (Å²) in [4.78, 5) is 29.9. The van der Waals surface area contributed by atoms with Crippen LogP contribution in [0.1, 0.15) is 30.1 Å². The molecule has 2 aliphatic heterocycles. The maximum Gasteiger partial charge on any atom is 0.254 e. The van der Waals surface area contributed by atoms with Crippen LogP contribution >= 0.6 is 12.4 Å². The van der Waals surface area contributed by atoms with Crippen molar-refractivity contribution in [2.24, 2.45) is 5.92 Å². The Morgan fingerprint density at radius 1 is 1.00 bits per heavy atom. The molecule has 2 amide bonds. The van der Waals surface area contributed by atoms with Crippen LogP contribution in [0.15, 0.2) is 42.5 Å². The minimum absolute atomic E-state index is 0. The lowest BCUT2D eigenvalue weighted by atomic mass is 9.93. The number of amides is 2. The van der Waals surface area contributed by atoms with Crippen molar-refractivity contribution in [3.63, 3.8) is 0 Å². The molecule has 2 saturated heterocycles. The third-order valence-corrected chi connectivity index (χ3v) is 5.94. The molecule has 0 saturated carbocycles. The van der Waals surface area contributed by atoms with E-state index in [9.17, 15) is 9.59 Å². The molecule has 150 valence electrons. The molecule has 1 atom stereocenters. The number of fused-ring (bicyclic) bond motifs is 1. The first-order valence-electron chi connectivity index (χ1n) is 9.93. The summed E-state index contributed by atoms with van der Waals surface area (Å²) in [6, 6.07) is 14.1. The molecule has 0 radical (unpaired) electrons. The van der Waals surface area contributed by atoms with Gasteiger partial charge in [-0.05, 0) is 36.6 Å². The molecule has 0 aromatic heterocycles. The number of nitrogens with zero attached hydrogens (tertiary/aromatic N) is 2. The summed E-state index contributed by atoms with van der Waals surface area (Å²) >= 11 is 0. The van der Waals surface area contributed by atoms with Crippen LogP contribution in [0.4, 0.5) is 0 Å². The van der Waals surface area contributed by atoms with Gasteiger partial charge in [0.05, 0.1) is 0 Å². The van der Waals surface area contributed by atoms with Crippen molar-refractivity contribution in [1.29, 1.82) is 0 Å². The first kappa shape index (κ1) is 20.6. The Bertz CT molecular complexity index is 843. The van der Waals surface area contributed by atoms with Crippen LogP contribution in [-0.4, -0.2) is 60.4 Å². The zero-order chi connectivity index (χ0) is 18.8. The van der Waals surface area contributed by atoms with Crippen molar-refractivity contribution in [3.05, 3.63) is 48.0 Å². The lowest BCUT2D eigenvalue weighted by Crippen LogP contribution is -2.55. The van der Waals surface area contributed by atoms with Crippen LogP contribution in [0.3, 0.4) is 0 Å². The van der Waals surface area contributed by atoms with Crippen LogP contribution in [0.2, 0.25) is 0 Å². The topological polar surface area (TPSA) is 52.7 Å². The SMILES string of the molecule is C[C@@H]1CNCCN1C(=O)C1CCN(C(=O)c2cccc3ccccc23)CC1.Cl. The van der Waals surface area contributed by atoms with Gasteiger partial charge in [-0.15, -0.1) is 12.4 Å². The summed E-state index contributed by atoms with van der Waals surface area (Å²) in [6.07, 6.45) is 1.51. The van der Waals surface area contributed by atoms with Crippen molar-refractivity contribution >= 4 is 35.0 Å². The smallest absolute Gasteiger partial charge is 0.254 e. The number of hydrogen-bond donors (Lipinski definition) is 1. The summed E-state index contributed by atoms with van der Waals surface area (Å²) in [5.41, 5.74) is 0.758. The number of hydrogen-bond acceptors (Lipinski definition) is 3. The number of carbonyl (C=O) groups excluding carboxylic acids is 2. The highest BCUT2D eigenvalue weighted by Crippen LogP contribution is 2.25. The van der Waals surface area contributed by atoms with Gasteiger partial charge < -0.3 is 15.1 Å². The van der Waals surface area contributed by atoms with E-state index >= 15 is 0 Å². The number of piperidine rings is 1. The van der Waals surface area contributed by atoms with E-state index in [4.69, 9.17) is 0 Å². The molecular formula is C22H28ClN3O2. The number of nitrogens with one attached hydrogen (secondary N) is 1. The zero-order valence-electron chi connectivity index (χ0n) is 16.3. The van der Waals surface area contributed by atoms with Crippen LogP contribution in [-0.2, 0) is 4.79 Å². The molecule has 2 aliphatic rings. The predicted octanol–water partition coefficient (Wildman–Crippen LogP) is 2.93. The lowest BCUT2D eigenvalue weighted by Gasteiger charge is -2.39. The van der Waals surface area contributed by atoms with Crippen molar-refractivity contribution in [1.82, 2.24) is 15.1 Å². The largest absolute Gasteiger partial charge is 0.339 e. The van der Waals surface area contributed by atoms with E-state index in [0.717, 1.165) is 48.8 Å². The highest BCUT2D eigenvalue weighted by molar-refractivity contribution is 6.07. The molecule has 2 heterocycles. The first-order chi connectivity index (χ1) is 13.1. The van der Waals surface area contributed by atoms with Gasteiger partial charge in [0.1, 0.15) is 0 Å². The number of benzene rings is 2. The Hall–Kier alpha value is -2.11. The Balaban J connectivity index is 0.00000225. The summed E-state index contributed by atoms with van der Waals surface area (Å²) in [7, 11) is 0. The Morgan fingerprint density at radius 3 is 2.46 bits per heavy atom. The molecule has 2 fully saturated rings. The molecule has 2 aromatic rings. The molecule has 28 heavy (non-hydrogen) atoms. The highest BCUT2D eigenvalue weighted by Gasteiger charge is 2.33. The van der Waals surface area contributed by atoms with Crippen LogP contribution in [0.5, 0.6) is 0 Å². The van der Waals surface area contributed by atoms with Crippen molar-refractivity contribution < 1.29 is 9.59 Å². The van der Waals surface area contributed by atoms with Gasteiger partial charge in [0, 0.05) is 50.2 Å². The molecule has 6 heteroatoms. The molecular weight excluding hydrogens is 374 g/mol. The zero-order valence-corrected chi connectivity index (χ0v) is 17.1. The predicted molar refractivity (Wildman–Crippen MR) is 114 cm³/mol. The Kier molecular flexibility index (Phi) is 6.57. The number of carbonyl (C=O) groups is 2. The van der Waals surface area contributed by atoms with Gasteiger partial charge in [0.15, 0.2) is 0 Å². The van der Waals surface area contributed by atoms with Crippen LogP contribution in [0, 0.1) is 5.92 Å². The second-order valence-electron chi connectivity index (χ2n) is 7.68. The molecule has 4 rings (SSSR count). The lowest BCUT2D eigenvalue weighted by molar-refractivity contribution is -0.139. The average molecular weight is 402 g/mol. The summed E-state index contributed by atoms with van der Waals surface area (Å²) in [5, 5.41) is 5.41. The fraction of sp³-hybridized carbons (Fsp3) is 0.455. The van der Waals surface area contributed by atoms with Gasteiger partial charge >= 0.3 is 0 Å². The number of halogens is 1. The normalized spacial score (nSPS) is 20.7. The maximum atomic E-state index is 13.1. The second kappa shape index (κ2) is 8.93.